The van der Waals surface area contributed by atoms with Gasteiger partial charge >= 0.3 is 18.1 Å². The second-order valence-corrected chi connectivity index (χ2v) is 5.59. The van der Waals surface area contributed by atoms with E-state index in [9.17, 15) is 22.8 Å². The minimum Gasteiger partial charge on any atom is -0.458 e. The van der Waals surface area contributed by atoms with Gasteiger partial charge in [-0.3, -0.25) is 4.79 Å². The fourth-order valence-corrected chi connectivity index (χ4v) is 1.39. The average molecular weight is 319 g/mol. The summed E-state index contributed by atoms with van der Waals surface area (Å²) in [5.41, 5.74) is -0.884. The molecule has 1 amide bonds. The molecule has 0 spiro atoms. The molecule has 0 unspecified atom stereocenters. The van der Waals surface area contributed by atoms with Crippen LogP contribution in [0.1, 0.15) is 34.6 Å². The number of hydrogen-bond donors (Lipinski definition) is 1. The summed E-state index contributed by atoms with van der Waals surface area (Å²) in [6, 6.07) is -1.46. The van der Waals surface area contributed by atoms with Gasteiger partial charge < -0.3 is 10.1 Å². The van der Waals surface area contributed by atoms with Crippen molar-refractivity contribution in [3.05, 3.63) is 12.2 Å². The largest absolute Gasteiger partial charge is 0.471 e. The van der Waals surface area contributed by atoms with Crippen LogP contribution >= 0.6 is 0 Å². The van der Waals surface area contributed by atoms with Gasteiger partial charge in [0.1, 0.15) is 11.6 Å². The lowest BCUT2D eigenvalue weighted by Gasteiger charge is -2.27. The Balaban J connectivity index is 5.25. The van der Waals surface area contributed by atoms with Gasteiger partial charge in [-0.15, -0.1) is 5.92 Å². The molecule has 0 radical (unpaired) electrons. The summed E-state index contributed by atoms with van der Waals surface area (Å²) in [5, 5.41) is 1.67. The van der Waals surface area contributed by atoms with Gasteiger partial charge in [0, 0.05) is 5.92 Å². The third-order valence-electron chi connectivity index (χ3n) is 2.36. The molecule has 0 fully saturated rings. The molecule has 0 aliphatic carbocycles. The van der Waals surface area contributed by atoms with E-state index in [1.807, 2.05) is 0 Å². The maximum Gasteiger partial charge on any atom is 0.471 e. The Hall–Kier alpha value is -1.97. The number of carbonyl (C=O) groups excluding carboxylic acids is 2. The number of nitrogens with one attached hydrogen (secondary N) is 1. The quantitative estimate of drug-likeness (QED) is 0.640. The van der Waals surface area contributed by atoms with Crippen molar-refractivity contribution in [2.24, 2.45) is 5.92 Å². The standard InChI is InChI=1S/C15H20F3NO3/c1-6-7-8-9-10(2)11(12(20)22-14(3,4)5)19-13(21)15(16,17)18/h8-11H,1-5H3,(H,19,21)/b9-8+/t10-,11-/m0/s1. The maximum atomic E-state index is 12.4. The molecule has 22 heavy (non-hydrogen) atoms. The normalized spacial score (nSPS) is 14.7. The van der Waals surface area contributed by atoms with Gasteiger partial charge in [0.25, 0.3) is 0 Å². The summed E-state index contributed by atoms with van der Waals surface area (Å²) in [6.07, 6.45) is -2.24. The third kappa shape index (κ3) is 7.72. The summed E-state index contributed by atoms with van der Waals surface area (Å²) in [5.74, 6) is 1.31. The molecule has 0 aromatic carbocycles. The number of hydrogen-bond acceptors (Lipinski definition) is 3. The van der Waals surface area contributed by atoms with Crippen LogP contribution in [0, 0.1) is 17.8 Å². The first-order valence-corrected chi connectivity index (χ1v) is 6.58. The molecule has 0 saturated carbocycles. The van der Waals surface area contributed by atoms with Crippen molar-refractivity contribution >= 4 is 11.9 Å². The molecule has 4 nitrogen and oxygen atoms in total. The van der Waals surface area contributed by atoms with Gasteiger partial charge in [0.15, 0.2) is 0 Å². The van der Waals surface area contributed by atoms with Crippen LogP contribution in [0.2, 0.25) is 0 Å². The molecule has 0 heterocycles. The topological polar surface area (TPSA) is 55.4 Å². The van der Waals surface area contributed by atoms with Crippen molar-refractivity contribution < 1.29 is 27.5 Å². The van der Waals surface area contributed by atoms with Gasteiger partial charge in [0.2, 0.25) is 0 Å². The van der Waals surface area contributed by atoms with Crippen molar-refractivity contribution in [1.82, 2.24) is 5.32 Å². The molecule has 0 bridgehead atoms. The zero-order valence-corrected chi connectivity index (χ0v) is 13.2. The highest BCUT2D eigenvalue weighted by atomic mass is 19.4. The molecule has 0 aliphatic heterocycles. The molecule has 0 rings (SSSR count). The van der Waals surface area contributed by atoms with E-state index in [0.29, 0.717) is 0 Å². The van der Waals surface area contributed by atoms with E-state index in [0.717, 1.165) is 0 Å². The highest BCUT2D eigenvalue weighted by Gasteiger charge is 2.42. The predicted molar refractivity (Wildman–Crippen MR) is 75.6 cm³/mol. The van der Waals surface area contributed by atoms with Crippen LogP contribution in [-0.2, 0) is 14.3 Å². The van der Waals surface area contributed by atoms with Gasteiger partial charge in [-0.05, 0) is 33.8 Å². The Morgan fingerprint density at radius 2 is 1.77 bits per heavy atom. The first-order chi connectivity index (χ1) is 9.88. The SMILES string of the molecule is CC#C/C=C/[C@H](C)[C@H](NC(=O)C(F)(F)F)C(=O)OC(C)(C)C. The van der Waals surface area contributed by atoms with E-state index in [2.05, 4.69) is 11.8 Å². The minimum absolute atomic E-state index is 0.720. The van der Waals surface area contributed by atoms with Crippen molar-refractivity contribution in [2.75, 3.05) is 0 Å². The fourth-order valence-electron chi connectivity index (χ4n) is 1.39. The highest BCUT2D eigenvalue weighted by molar-refractivity contribution is 5.88. The van der Waals surface area contributed by atoms with E-state index in [4.69, 9.17) is 4.74 Å². The van der Waals surface area contributed by atoms with Crippen LogP contribution in [0.5, 0.6) is 0 Å². The van der Waals surface area contributed by atoms with E-state index in [1.54, 1.807) is 33.0 Å². The Kier molecular flexibility index (Phi) is 7.17. The highest BCUT2D eigenvalue weighted by Crippen LogP contribution is 2.18. The van der Waals surface area contributed by atoms with E-state index in [1.165, 1.54) is 19.1 Å². The van der Waals surface area contributed by atoms with E-state index >= 15 is 0 Å². The Bertz CT molecular complexity index is 493. The first kappa shape index (κ1) is 20.0. The van der Waals surface area contributed by atoms with Gasteiger partial charge in [-0.1, -0.05) is 18.9 Å². The van der Waals surface area contributed by atoms with E-state index < -0.39 is 35.6 Å². The molecule has 1 N–H and O–H groups in total. The summed E-state index contributed by atoms with van der Waals surface area (Å²) in [4.78, 5) is 23.1. The van der Waals surface area contributed by atoms with Crippen LogP contribution in [0.15, 0.2) is 12.2 Å². The number of allylic oxidation sites excluding steroid dienone is 1. The Morgan fingerprint density at radius 3 is 2.18 bits per heavy atom. The number of amides is 1. The second-order valence-electron chi connectivity index (χ2n) is 5.59. The lowest BCUT2D eigenvalue weighted by Crippen LogP contribution is -2.51. The smallest absolute Gasteiger partial charge is 0.458 e. The van der Waals surface area contributed by atoms with Crippen molar-refractivity contribution in [1.29, 1.82) is 0 Å². The number of ether oxygens (including phenoxy) is 1. The summed E-state index contributed by atoms with van der Waals surface area (Å²) in [7, 11) is 0. The number of carbonyl (C=O) groups is 2. The molecular weight excluding hydrogens is 299 g/mol. The van der Waals surface area contributed by atoms with Crippen LogP contribution < -0.4 is 5.32 Å². The van der Waals surface area contributed by atoms with Crippen LogP contribution in [0.3, 0.4) is 0 Å². The molecule has 124 valence electrons. The third-order valence-corrected chi connectivity index (χ3v) is 2.36. The average Bonchev–Trinajstić information content (AvgIpc) is 2.32. The number of alkyl halides is 3. The van der Waals surface area contributed by atoms with E-state index in [-0.39, 0.29) is 0 Å². The molecule has 2 atom stereocenters. The van der Waals surface area contributed by atoms with Gasteiger partial charge in [-0.2, -0.15) is 13.2 Å². The number of esters is 1. The first-order valence-electron chi connectivity index (χ1n) is 6.58. The molecule has 0 saturated heterocycles. The Labute approximate surface area is 128 Å². The van der Waals surface area contributed by atoms with Crippen molar-refractivity contribution in [3.63, 3.8) is 0 Å². The van der Waals surface area contributed by atoms with Gasteiger partial charge in [-0.25, -0.2) is 4.79 Å². The fraction of sp³-hybridized carbons (Fsp3) is 0.600. The molecule has 0 aromatic heterocycles. The van der Waals surface area contributed by atoms with Crippen molar-refractivity contribution in [3.8, 4) is 11.8 Å². The lowest BCUT2D eigenvalue weighted by atomic mass is 10.0. The Morgan fingerprint density at radius 1 is 1.23 bits per heavy atom. The molecule has 0 aromatic rings. The number of rotatable bonds is 4. The predicted octanol–water partition coefficient (Wildman–Crippen LogP) is 2.59. The minimum atomic E-state index is -5.08. The molecule has 7 heteroatoms. The summed E-state index contributed by atoms with van der Waals surface area (Å²) in [6.45, 7) is 7.81. The maximum absolute atomic E-state index is 12.4. The summed E-state index contributed by atoms with van der Waals surface area (Å²) >= 11 is 0. The van der Waals surface area contributed by atoms with Crippen LogP contribution in [0.25, 0.3) is 0 Å². The lowest BCUT2D eigenvalue weighted by molar-refractivity contribution is -0.177. The molecular formula is C15H20F3NO3. The zero-order valence-electron chi connectivity index (χ0n) is 13.2. The number of halogens is 3. The van der Waals surface area contributed by atoms with Crippen LogP contribution in [0.4, 0.5) is 13.2 Å². The van der Waals surface area contributed by atoms with Crippen LogP contribution in [-0.4, -0.2) is 29.7 Å². The monoisotopic (exact) mass is 319 g/mol. The van der Waals surface area contributed by atoms with Gasteiger partial charge in [0.05, 0.1) is 0 Å². The summed E-state index contributed by atoms with van der Waals surface area (Å²) < 4.78 is 42.2. The van der Waals surface area contributed by atoms with Crippen molar-refractivity contribution in [2.45, 2.75) is 52.4 Å². The zero-order chi connectivity index (χ0) is 17.6. The second kappa shape index (κ2) is 7.87. The molecule has 0 aliphatic rings.